The van der Waals surface area contributed by atoms with Crippen LogP contribution in [0.4, 0.5) is 18.9 Å². The lowest BCUT2D eigenvalue weighted by Crippen LogP contribution is -2.45. The van der Waals surface area contributed by atoms with Gasteiger partial charge in [0.05, 0.1) is 15.8 Å². The molecule has 0 unspecified atom stereocenters. The minimum Gasteiger partial charge on any atom is -0.422 e. The summed E-state index contributed by atoms with van der Waals surface area (Å²) in [4.78, 5) is 20.5. The molecule has 2 aromatic heterocycles. The van der Waals surface area contributed by atoms with Gasteiger partial charge in [0.25, 0.3) is 0 Å². The van der Waals surface area contributed by atoms with E-state index in [4.69, 9.17) is 4.42 Å². The average Bonchev–Trinajstić information content (AvgIpc) is 3.30. The van der Waals surface area contributed by atoms with Gasteiger partial charge in [0.15, 0.2) is 0 Å². The van der Waals surface area contributed by atoms with Crippen LogP contribution in [0.1, 0.15) is 57.2 Å². The molecule has 0 amide bonds. The summed E-state index contributed by atoms with van der Waals surface area (Å²) in [6, 6.07) is 13.0. The van der Waals surface area contributed by atoms with Crippen molar-refractivity contribution >= 4 is 49.0 Å². The zero-order chi connectivity index (χ0) is 27.5. The van der Waals surface area contributed by atoms with Crippen molar-refractivity contribution in [1.29, 1.82) is 0 Å². The maximum atomic E-state index is 15.1. The van der Waals surface area contributed by atoms with Gasteiger partial charge in [-0.1, -0.05) is 58.0 Å². The van der Waals surface area contributed by atoms with Gasteiger partial charge < -0.3 is 9.32 Å². The SMILES string of the molecule is CC1(C)CCN2CCC(C)(C)c3c2c1cc1c(C(F)(F)F)c(-c2nc4c(ccc5ccccc54)s2)c(=O)oc31. The Morgan fingerprint density at radius 2 is 1.69 bits per heavy atom. The average molecular weight is 549 g/mol. The number of benzene rings is 3. The van der Waals surface area contributed by atoms with Crippen LogP contribution in [0.15, 0.2) is 51.7 Å². The van der Waals surface area contributed by atoms with Crippen molar-refractivity contribution in [2.24, 2.45) is 0 Å². The van der Waals surface area contributed by atoms with Crippen molar-refractivity contribution in [2.45, 2.75) is 57.5 Å². The summed E-state index contributed by atoms with van der Waals surface area (Å²) >= 11 is 1.09. The number of hydrogen-bond acceptors (Lipinski definition) is 5. The van der Waals surface area contributed by atoms with Crippen molar-refractivity contribution in [3.8, 4) is 10.6 Å². The zero-order valence-electron chi connectivity index (χ0n) is 22.1. The van der Waals surface area contributed by atoms with Gasteiger partial charge >= 0.3 is 11.8 Å². The molecule has 4 heterocycles. The first-order valence-electron chi connectivity index (χ1n) is 13.2. The number of anilines is 1. The van der Waals surface area contributed by atoms with E-state index in [9.17, 15) is 4.79 Å². The highest BCUT2D eigenvalue weighted by Gasteiger charge is 2.45. The van der Waals surface area contributed by atoms with E-state index >= 15 is 13.2 Å². The van der Waals surface area contributed by atoms with E-state index in [-0.39, 0.29) is 21.4 Å². The van der Waals surface area contributed by atoms with Crippen molar-refractivity contribution in [3.63, 3.8) is 0 Å². The van der Waals surface area contributed by atoms with Gasteiger partial charge in [-0.15, -0.1) is 11.3 Å². The lowest BCUT2D eigenvalue weighted by atomic mass is 9.69. The molecule has 0 N–H and O–H groups in total. The minimum absolute atomic E-state index is 0.0239. The van der Waals surface area contributed by atoms with Crippen LogP contribution < -0.4 is 10.5 Å². The maximum Gasteiger partial charge on any atom is 0.418 e. The Labute approximate surface area is 227 Å². The molecular weight excluding hydrogens is 521 g/mol. The zero-order valence-corrected chi connectivity index (χ0v) is 22.9. The fraction of sp³-hybridized carbons (Fsp3) is 0.355. The Balaban J connectivity index is 1.63. The van der Waals surface area contributed by atoms with Crippen LogP contribution in [-0.4, -0.2) is 18.1 Å². The fourth-order valence-corrected chi connectivity index (χ4v) is 7.50. The summed E-state index contributed by atoms with van der Waals surface area (Å²) in [5.74, 6) is 0. The Bertz CT molecular complexity index is 1900. The fourth-order valence-electron chi connectivity index (χ4n) is 6.48. The van der Waals surface area contributed by atoms with Crippen LogP contribution in [-0.2, 0) is 17.0 Å². The van der Waals surface area contributed by atoms with Gasteiger partial charge in [-0.05, 0) is 46.8 Å². The van der Waals surface area contributed by atoms with Crippen molar-refractivity contribution in [3.05, 3.63) is 69.6 Å². The van der Waals surface area contributed by atoms with Crippen molar-refractivity contribution in [2.75, 3.05) is 18.0 Å². The van der Waals surface area contributed by atoms with Gasteiger partial charge in [0, 0.05) is 35.1 Å². The van der Waals surface area contributed by atoms with Crippen LogP contribution in [0.5, 0.6) is 0 Å². The van der Waals surface area contributed by atoms with Crippen LogP contribution in [0.25, 0.3) is 42.5 Å². The molecule has 3 aromatic carbocycles. The first-order chi connectivity index (χ1) is 18.4. The number of aromatic nitrogens is 1. The molecule has 5 aromatic rings. The maximum absolute atomic E-state index is 15.1. The highest BCUT2D eigenvalue weighted by molar-refractivity contribution is 7.21. The summed E-state index contributed by atoms with van der Waals surface area (Å²) < 4.78 is 51.9. The Morgan fingerprint density at radius 3 is 2.44 bits per heavy atom. The molecule has 0 fully saturated rings. The first kappa shape index (κ1) is 24.6. The molecule has 0 radical (unpaired) electrons. The molecule has 0 aliphatic carbocycles. The number of nitrogens with zero attached hydrogens (tertiary/aromatic N) is 2. The number of fused-ring (bicyclic) bond motifs is 5. The Morgan fingerprint density at radius 1 is 0.974 bits per heavy atom. The first-order valence-corrected chi connectivity index (χ1v) is 14.0. The molecule has 0 saturated carbocycles. The molecule has 2 aliphatic rings. The van der Waals surface area contributed by atoms with E-state index in [1.165, 1.54) is 0 Å². The topological polar surface area (TPSA) is 46.3 Å². The second kappa shape index (κ2) is 7.84. The Hall–Kier alpha value is -3.39. The smallest absolute Gasteiger partial charge is 0.418 e. The summed E-state index contributed by atoms with van der Waals surface area (Å²) in [7, 11) is 0. The normalized spacial score (nSPS) is 18.2. The summed E-state index contributed by atoms with van der Waals surface area (Å²) in [5, 5.41) is 1.73. The van der Waals surface area contributed by atoms with Gasteiger partial charge in [-0.3, -0.25) is 0 Å². The second-order valence-corrected chi connectivity index (χ2v) is 13.1. The van der Waals surface area contributed by atoms with Crippen LogP contribution in [0, 0.1) is 0 Å². The molecule has 0 spiro atoms. The predicted octanol–water partition coefficient (Wildman–Crippen LogP) is 8.41. The van der Waals surface area contributed by atoms with Crippen molar-refractivity contribution in [1.82, 2.24) is 4.98 Å². The van der Waals surface area contributed by atoms with E-state index in [0.29, 0.717) is 11.1 Å². The van der Waals surface area contributed by atoms with E-state index in [1.807, 2.05) is 50.2 Å². The number of halogens is 3. The monoisotopic (exact) mass is 548 g/mol. The molecule has 0 saturated heterocycles. The van der Waals surface area contributed by atoms with Crippen LogP contribution in [0.3, 0.4) is 0 Å². The lowest BCUT2D eigenvalue weighted by molar-refractivity contribution is -0.136. The highest BCUT2D eigenvalue weighted by atomic mass is 32.1. The molecule has 39 heavy (non-hydrogen) atoms. The molecule has 2 aliphatic heterocycles. The molecule has 0 bridgehead atoms. The van der Waals surface area contributed by atoms with Gasteiger partial charge in [-0.25, -0.2) is 9.78 Å². The number of thiazole rings is 1. The van der Waals surface area contributed by atoms with Crippen LogP contribution in [0.2, 0.25) is 0 Å². The van der Waals surface area contributed by atoms with E-state index in [0.717, 1.165) is 64.0 Å². The predicted molar refractivity (Wildman–Crippen MR) is 151 cm³/mol. The van der Waals surface area contributed by atoms with E-state index in [1.54, 1.807) is 6.07 Å². The van der Waals surface area contributed by atoms with Crippen LogP contribution >= 0.6 is 11.3 Å². The highest BCUT2D eigenvalue weighted by Crippen LogP contribution is 2.54. The van der Waals surface area contributed by atoms with Gasteiger partial charge in [-0.2, -0.15) is 13.2 Å². The minimum atomic E-state index is -4.79. The molecule has 0 atom stereocenters. The molecule has 200 valence electrons. The molecular formula is C31H27F3N2O2S. The van der Waals surface area contributed by atoms with E-state index < -0.39 is 28.3 Å². The van der Waals surface area contributed by atoms with Gasteiger partial charge in [0.2, 0.25) is 0 Å². The Kier molecular flexibility index (Phi) is 4.95. The molecule has 8 heteroatoms. The largest absolute Gasteiger partial charge is 0.422 e. The lowest BCUT2D eigenvalue weighted by Gasteiger charge is -2.48. The quantitative estimate of drug-likeness (QED) is 0.197. The molecule has 7 rings (SSSR count). The summed E-state index contributed by atoms with van der Waals surface area (Å²) in [6.07, 6.45) is -3.19. The number of alkyl halides is 3. The number of rotatable bonds is 1. The van der Waals surface area contributed by atoms with E-state index in [2.05, 4.69) is 23.7 Å². The second-order valence-electron chi connectivity index (χ2n) is 12.1. The number of hydrogen-bond donors (Lipinski definition) is 0. The van der Waals surface area contributed by atoms with Gasteiger partial charge in [0.1, 0.15) is 16.2 Å². The third-order valence-electron chi connectivity index (χ3n) is 8.69. The standard InChI is InChI=1S/C31H27F3N2O2S/c1-29(2)11-13-36-14-12-30(3,4)23-25(36)19(29)15-18-22(31(32,33)34)21(28(37)38-26(18)23)27-35-24-17-8-6-5-7-16(17)9-10-20(24)39-27/h5-10,15H,11-14H2,1-4H3. The summed E-state index contributed by atoms with van der Waals surface area (Å²) in [5.41, 5.74) is -0.0884. The summed E-state index contributed by atoms with van der Waals surface area (Å²) in [6.45, 7) is 9.87. The van der Waals surface area contributed by atoms with Crippen molar-refractivity contribution < 1.29 is 17.6 Å². The molecule has 4 nitrogen and oxygen atoms in total. The third-order valence-corrected chi connectivity index (χ3v) is 9.73. The third kappa shape index (κ3) is 3.50.